The molecule has 4 nitrogen and oxygen atoms in total. The molecule has 2 aromatic rings. The van der Waals surface area contributed by atoms with E-state index in [-0.39, 0.29) is 6.10 Å². The second-order valence-corrected chi connectivity index (χ2v) is 5.64. The van der Waals surface area contributed by atoms with Gasteiger partial charge in [-0.1, -0.05) is 29.0 Å². The first-order valence-electron chi connectivity index (χ1n) is 6.08. The number of ether oxygens (including phenoxy) is 1. The van der Waals surface area contributed by atoms with Crippen molar-refractivity contribution in [1.82, 2.24) is 15.5 Å². The van der Waals surface area contributed by atoms with Crippen molar-refractivity contribution in [1.29, 1.82) is 0 Å². The average molecular weight is 298 g/mol. The largest absolute Gasteiger partial charge is 0.483 e. The summed E-state index contributed by atoms with van der Waals surface area (Å²) in [6, 6.07) is 7.36. The number of hydrogen-bond acceptors (Lipinski definition) is 5. The zero-order valence-electron chi connectivity index (χ0n) is 10.9. The maximum Gasteiger partial charge on any atom is 0.157 e. The lowest BCUT2D eigenvalue weighted by Gasteiger charge is -2.11. The maximum atomic E-state index is 5.92. The summed E-state index contributed by atoms with van der Waals surface area (Å²) in [5.74, 6) is 0.743. The molecule has 1 atom stereocenters. The Kier molecular flexibility index (Phi) is 5.13. The van der Waals surface area contributed by atoms with E-state index in [1.165, 1.54) is 0 Å². The van der Waals surface area contributed by atoms with Crippen molar-refractivity contribution in [3.63, 3.8) is 0 Å². The molecule has 0 radical (unpaired) electrons. The molecule has 0 amide bonds. The molecule has 1 unspecified atom stereocenters. The molecule has 1 aromatic heterocycles. The first-order chi connectivity index (χ1) is 9.19. The van der Waals surface area contributed by atoms with E-state index in [0.717, 1.165) is 28.7 Å². The molecule has 102 valence electrons. The molecule has 0 spiro atoms. The van der Waals surface area contributed by atoms with Crippen LogP contribution >= 0.6 is 22.9 Å². The summed E-state index contributed by atoms with van der Waals surface area (Å²) in [6.07, 6.45) is 0.761. The normalized spacial score (nSPS) is 12.4. The van der Waals surface area contributed by atoms with Crippen molar-refractivity contribution < 1.29 is 4.74 Å². The zero-order valence-corrected chi connectivity index (χ0v) is 12.5. The van der Waals surface area contributed by atoms with Crippen molar-refractivity contribution in [2.75, 3.05) is 13.6 Å². The standard InChI is InChI=1S/C13H16ClN3OS/c1-9(18-11-5-3-4-10(14)8-11)13-17-16-12(19-13)6-7-15-2/h3-5,8-9,15H,6-7H2,1-2H3. The monoisotopic (exact) mass is 297 g/mol. The third-order valence-corrected chi connectivity index (χ3v) is 3.91. The number of aromatic nitrogens is 2. The summed E-state index contributed by atoms with van der Waals surface area (Å²) in [6.45, 7) is 2.86. The highest BCUT2D eigenvalue weighted by atomic mass is 35.5. The third-order valence-electron chi connectivity index (χ3n) is 2.53. The lowest BCUT2D eigenvalue weighted by Crippen LogP contribution is -2.09. The van der Waals surface area contributed by atoms with Gasteiger partial charge < -0.3 is 10.1 Å². The van der Waals surface area contributed by atoms with E-state index in [4.69, 9.17) is 16.3 Å². The van der Waals surface area contributed by atoms with Crippen LogP contribution in [0.15, 0.2) is 24.3 Å². The molecule has 1 aromatic carbocycles. The lowest BCUT2D eigenvalue weighted by atomic mass is 10.3. The quantitative estimate of drug-likeness (QED) is 0.890. The van der Waals surface area contributed by atoms with Crippen LogP contribution in [0.5, 0.6) is 5.75 Å². The molecule has 2 rings (SSSR count). The molecule has 6 heteroatoms. The van der Waals surface area contributed by atoms with Gasteiger partial charge in [0, 0.05) is 18.0 Å². The van der Waals surface area contributed by atoms with Crippen molar-refractivity contribution in [2.45, 2.75) is 19.4 Å². The Balaban J connectivity index is 1.99. The molecule has 0 aliphatic heterocycles. The van der Waals surface area contributed by atoms with E-state index in [0.29, 0.717) is 5.02 Å². The fraction of sp³-hybridized carbons (Fsp3) is 0.385. The first kappa shape index (κ1) is 14.2. The number of nitrogens with zero attached hydrogens (tertiary/aromatic N) is 2. The third kappa shape index (κ3) is 4.16. The highest BCUT2D eigenvalue weighted by Gasteiger charge is 2.13. The fourth-order valence-corrected chi connectivity index (χ4v) is 2.56. The van der Waals surface area contributed by atoms with Gasteiger partial charge in [-0.05, 0) is 32.2 Å². The van der Waals surface area contributed by atoms with Crippen LogP contribution < -0.4 is 10.1 Å². The van der Waals surface area contributed by atoms with Crippen molar-refractivity contribution in [3.05, 3.63) is 39.3 Å². The molecular formula is C13H16ClN3OS. The summed E-state index contributed by atoms with van der Waals surface area (Å²) in [5, 5.41) is 14.0. The average Bonchev–Trinajstić information content (AvgIpc) is 2.85. The molecule has 0 saturated heterocycles. The van der Waals surface area contributed by atoms with Crippen LogP contribution in [0.3, 0.4) is 0 Å². The topological polar surface area (TPSA) is 47.0 Å². The van der Waals surface area contributed by atoms with E-state index in [2.05, 4.69) is 15.5 Å². The number of rotatable bonds is 6. The number of hydrogen-bond donors (Lipinski definition) is 1. The van der Waals surface area contributed by atoms with E-state index in [1.807, 2.05) is 32.2 Å². The Morgan fingerprint density at radius 2 is 2.26 bits per heavy atom. The Morgan fingerprint density at radius 3 is 3.00 bits per heavy atom. The van der Waals surface area contributed by atoms with Gasteiger partial charge in [-0.3, -0.25) is 0 Å². The predicted octanol–water partition coefficient (Wildman–Crippen LogP) is 3.09. The van der Waals surface area contributed by atoms with Gasteiger partial charge in [0.15, 0.2) is 5.01 Å². The van der Waals surface area contributed by atoms with Gasteiger partial charge in [-0.2, -0.15) is 0 Å². The SMILES string of the molecule is CNCCc1nnc(C(C)Oc2cccc(Cl)c2)s1. The van der Waals surface area contributed by atoms with Crippen LogP contribution in [0, 0.1) is 0 Å². The number of benzene rings is 1. The van der Waals surface area contributed by atoms with Crippen LogP contribution in [0.25, 0.3) is 0 Å². The summed E-state index contributed by atoms with van der Waals surface area (Å²) < 4.78 is 5.81. The van der Waals surface area contributed by atoms with Crippen molar-refractivity contribution in [2.24, 2.45) is 0 Å². The van der Waals surface area contributed by atoms with E-state index in [9.17, 15) is 0 Å². The van der Waals surface area contributed by atoms with Crippen molar-refractivity contribution >= 4 is 22.9 Å². The molecule has 19 heavy (non-hydrogen) atoms. The minimum atomic E-state index is -0.126. The number of halogens is 1. The van der Waals surface area contributed by atoms with Crippen LogP contribution in [-0.2, 0) is 6.42 Å². The highest BCUT2D eigenvalue weighted by Crippen LogP contribution is 2.25. The fourth-order valence-electron chi connectivity index (χ4n) is 1.56. The van der Waals surface area contributed by atoms with E-state index >= 15 is 0 Å². The second-order valence-electron chi connectivity index (χ2n) is 4.11. The molecule has 0 aliphatic carbocycles. The molecular weight excluding hydrogens is 282 g/mol. The van der Waals surface area contributed by atoms with Gasteiger partial charge in [0.1, 0.15) is 16.9 Å². The smallest absolute Gasteiger partial charge is 0.157 e. The summed E-state index contributed by atoms with van der Waals surface area (Å²) >= 11 is 7.51. The summed E-state index contributed by atoms with van der Waals surface area (Å²) in [7, 11) is 1.92. The van der Waals surface area contributed by atoms with Gasteiger partial charge >= 0.3 is 0 Å². The van der Waals surface area contributed by atoms with E-state index < -0.39 is 0 Å². The highest BCUT2D eigenvalue weighted by molar-refractivity contribution is 7.11. The number of nitrogens with one attached hydrogen (secondary N) is 1. The first-order valence-corrected chi connectivity index (χ1v) is 7.27. The summed E-state index contributed by atoms with van der Waals surface area (Å²) in [4.78, 5) is 0. The van der Waals surface area contributed by atoms with Crippen LogP contribution in [-0.4, -0.2) is 23.8 Å². The second kappa shape index (κ2) is 6.84. The van der Waals surface area contributed by atoms with Gasteiger partial charge in [-0.15, -0.1) is 10.2 Å². The Hall–Kier alpha value is -1.17. The van der Waals surface area contributed by atoms with Gasteiger partial charge in [0.25, 0.3) is 0 Å². The predicted molar refractivity (Wildman–Crippen MR) is 78.0 cm³/mol. The van der Waals surface area contributed by atoms with Gasteiger partial charge in [0.05, 0.1) is 0 Å². The lowest BCUT2D eigenvalue weighted by molar-refractivity contribution is 0.225. The summed E-state index contributed by atoms with van der Waals surface area (Å²) in [5.41, 5.74) is 0. The van der Waals surface area contributed by atoms with Crippen LogP contribution in [0.2, 0.25) is 5.02 Å². The maximum absolute atomic E-state index is 5.92. The van der Waals surface area contributed by atoms with Crippen LogP contribution in [0.1, 0.15) is 23.0 Å². The molecule has 0 saturated carbocycles. The Morgan fingerprint density at radius 1 is 1.42 bits per heavy atom. The number of likely N-dealkylation sites (N-methyl/N-ethyl adjacent to an activating group) is 1. The Labute approximate surface area is 121 Å². The zero-order chi connectivity index (χ0) is 13.7. The van der Waals surface area contributed by atoms with E-state index in [1.54, 1.807) is 17.4 Å². The molecule has 1 N–H and O–H groups in total. The Bertz CT molecular complexity index is 532. The van der Waals surface area contributed by atoms with Crippen LogP contribution in [0.4, 0.5) is 0 Å². The minimum Gasteiger partial charge on any atom is -0.483 e. The molecule has 0 bridgehead atoms. The molecule has 1 heterocycles. The molecule has 0 fully saturated rings. The molecule has 0 aliphatic rings. The van der Waals surface area contributed by atoms with Crippen molar-refractivity contribution in [3.8, 4) is 5.75 Å². The van der Waals surface area contributed by atoms with Gasteiger partial charge in [0.2, 0.25) is 0 Å². The van der Waals surface area contributed by atoms with Gasteiger partial charge in [-0.25, -0.2) is 0 Å². The minimum absolute atomic E-state index is 0.126.